The molecular formula is C12H13BrClN3S. The summed E-state index contributed by atoms with van der Waals surface area (Å²) in [5.74, 6) is 0.760. The highest BCUT2D eigenvalue weighted by Crippen LogP contribution is 2.28. The molecule has 0 bridgehead atoms. The Labute approximate surface area is 124 Å². The Morgan fingerprint density at radius 2 is 2.33 bits per heavy atom. The zero-order valence-electron chi connectivity index (χ0n) is 9.81. The number of halogens is 2. The SMILES string of the molecule is Cn1ncc(Cl)c1C(N)CSc1cccc(Br)c1. The number of rotatable bonds is 4. The third kappa shape index (κ3) is 3.29. The van der Waals surface area contributed by atoms with Crippen LogP contribution in [0.1, 0.15) is 11.7 Å². The summed E-state index contributed by atoms with van der Waals surface area (Å²) in [5.41, 5.74) is 7.02. The van der Waals surface area contributed by atoms with Crippen LogP contribution in [0, 0.1) is 0 Å². The van der Waals surface area contributed by atoms with E-state index in [9.17, 15) is 0 Å². The van der Waals surface area contributed by atoms with E-state index < -0.39 is 0 Å². The Hall–Kier alpha value is -0.490. The molecule has 96 valence electrons. The minimum atomic E-state index is -0.131. The summed E-state index contributed by atoms with van der Waals surface area (Å²) >= 11 is 11.2. The zero-order valence-corrected chi connectivity index (χ0v) is 13.0. The molecule has 1 aromatic heterocycles. The molecule has 1 heterocycles. The fourth-order valence-electron chi connectivity index (χ4n) is 1.66. The summed E-state index contributed by atoms with van der Waals surface area (Å²) < 4.78 is 2.80. The van der Waals surface area contributed by atoms with Gasteiger partial charge in [-0.1, -0.05) is 33.6 Å². The molecule has 0 saturated carbocycles. The molecule has 0 amide bonds. The lowest BCUT2D eigenvalue weighted by molar-refractivity contribution is 0.659. The van der Waals surface area contributed by atoms with Gasteiger partial charge in [0.25, 0.3) is 0 Å². The second-order valence-corrected chi connectivity index (χ2v) is 6.29. The molecule has 2 N–H and O–H groups in total. The second kappa shape index (κ2) is 6.10. The van der Waals surface area contributed by atoms with E-state index in [4.69, 9.17) is 17.3 Å². The molecule has 2 rings (SSSR count). The van der Waals surface area contributed by atoms with E-state index in [0.717, 1.165) is 15.9 Å². The van der Waals surface area contributed by atoms with Crippen LogP contribution in [0.3, 0.4) is 0 Å². The average Bonchev–Trinajstić information content (AvgIpc) is 2.66. The highest BCUT2D eigenvalue weighted by molar-refractivity contribution is 9.10. The molecule has 0 spiro atoms. The van der Waals surface area contributed by atoms with Crippen molar-refractivity contribution in [1.82, 2.24) is 9.78 Å². The van der Waals surface area contributed by atoms with Crippen molar-refractivity contribution < 1.29 is 0 Å². The smallest absolute Gasteiger partial charge is 0.0834 e. The maximum absolute atomic E-state index is 6.15. The van der Waals surface area contributed by atoms with Crippen LogP contribution in [-0.4, -0.2) is 15.5 Å². The van der Waals surface area contributed by atoms with Crippen LogP contribution in [-0.2, 0) is 7.05 Å². The standard InChI is InChI=1S/C12H13BrClN3S/c1-17-12(10(14)6-16-17)11(15)7-18-9-4-2-3-8(13)5-9/h2-6,11H,7,15H2,1H3. The Kier molecular flexibility index (Phi) is 4.72. The van der Waals surface area contributed by atoms with Crippen LogP contribution in [0.2, 0.25) is 5.02 Å². The first kappa shape index (κ1) is 13.9. The van der Waals surface area contributed by atoms with Crippen LogP contribution in [0.15, 0.2) is 39.8 Å². The second-order valence-electron chi connectivity index (χ2n) is 3.88. The Balaban J connectivity index is 2.03. The van der Waals surface area contributed by atoms with E-state index >= 15 is 0 Å². The van der Waals surface area contributed by atoms with Gasteiger partial charge in [-0.15, -0.1) is 11.8 Å². The normalized spacial score (nSPS) is 12.7. The van der Waals surface area contributed by atoms with E-state index in [1.165, 1.54) is 4.90 Å². The zero-order chi connectivity index (χ0) is 13.1. The number of hydrogen-bond donors (Lipinski definition) is 1. The van der Waals surface area contributed by atoms with Crippen molar-refractivity contribution >= 4 is 39.3 Å². The first-order valence-corrected chi connectivity index (χ1v) is 7.55. The van der Waals surface area contributed by atoms with Crippen molar-refractivity contribution in [3.8, 4) is 0 Å². The number of nitrogens with two attached hydrogens (primary N) is 1. The Morgan fingerprint density at radius 1 is 1.56 bits per heavy atom. The van der Waals surface area contributed by atoms with Crippen molar-refractivity contribution in [3.05, 3.63) is 45.7 Å². The average molecular weight is 347 g/mol. The molecule has 0 saturated heterocycles. The molecule has 1 unspecified atom stereocenters. The Bertz CT molecular complexity index is 524. The minimum absolute atomic E-state index is 0.131. The minimum Gasteiger partial charge on any atom is -0.322 e. The van der Waals surface area contributed by atoms with Crippen LogP contribution in [0.25, 0.3) is 0 Å². The predicted octanol–water partition coefficient (Wildman–Crippen LogP) is 3.63. The van der Waals surface area contributed by atoms with Gasteiger partial charge >= 0.3 is 0 Å². The molecule has 1 aromatic carbocycles. The lowest BCUT2D eigenvalue weighted by atomic mass is 10.2. The summed E-state index contributed by atoms with van der Waals surface area (Å²) in [6, 6.07) is 8.01. The molecule has 0 aliphatic carbocycles. The van der Waals surface area contributed by atoms with Gasteiger partial charge in [0.1, 0.15) is 0 Å². The number of aromatic nitrogens is 2. The van der Waals surface area contributed by atoms with Crippen LogP contribution in [0.5, 0.6) is 0 Å². The summed E-state index contributed by atoms with van der Waals surface area (Å²) in [5, 5.41) is 4.72. The quantitative estimate of drug-likeness (QED) is 0.860. The highest BCUT2D eigenvalue weighted by Gasteiger charge is 2.15. The fraction of sp³-hybridized carbons (Fsp3) is 0.250. The Morgan fingerprint density at radius 3 is 2.94 bits per heavy atom. The van der Waals surface area contributed by atoms with Gasteiger partial charge in [0.15, 0.2) is 0 Å². The van der Waals surface area contributed by atoms with Gasteiger partial charge in [-0.05, 0) is 18.2 Å². The van der Waals surface area contributed by atoms with Gasteiger partial charge in [-0.2, -0.15) is 5.10 Å². The van der Waals surface area contributed by atoms with Crippen molar-refractivity contribution in [1.29, 1.82) is 0 Å². The summed E-state index contributed by atoms with van der Waals surface area (Å²) in [7, 11) is 1.85. The third-order valence-electron chi connectivity index (χ3n) is 2.51. The molecule has 18 heavy (non-hydrogen) atoms. The molecule has 1 atom stereocenters. The van der Waals surface area contributed by atoms with Gasteiger partial charge in [-0.25, -0.2) is 0 Å². The molecule has 0 radical (unpaired) electrons. The van der Waals surface area contributed by atoms with Crippen molar-refractivity contribution in [2.45, 2.75) is 10.9 Å². The van der Waals surface area contributed by atoms with E-state index in [2.05, 4.69) is 33.2 Å². The number of aryl methyl sites for hydroxylation is 1. The van der Waals surface area contributed by atoms with E-state index in [1.54, 1.807) is 22.6 Å². The van der Waals surface area contributed by atoms with Crippen LogP contribution in [0.4, 0.5) is 0 Å². The van der Waals surface area contributed by atoms with Gasteiger partial charge in [-0.3, -0.25) is 4.68 Å². The van der Waals surface area contributed by atoms with Gasteiger partial charge in [0, 0.05) is 22.2 Å². The van der Waals surface area contributed by atoms with Gasteiger partial charge < -0.3 is 5.73 Å². The summed E-state index contributed by atoms with van der Waals surface area (Å²) in [6.45, 7) is 0. The molecular weight excluding hydrogens is 334 g/mol. The molecule has 0 fully saturated rings. The lowest BCUT2D eigenvalue weighted by Crippen LogP contribution is -2.17. The summed E-state index contributed by atoms with van der Waals surface area (Å²) in [6.07, 6.45) is 1.63. The fourth-order valence-corrected chi connectivity index (χ4v) is 3.43. The van der Waals surface area contributed by atoms with Crippen LogP contribution < -0.4 is 5.73 Å². The highest BCUT2D eigenvalue weighted by atomic mass is 79.9. The number of hydrogen-bond acceptors (Lipinski definition) is 3. The monoisotopic (exact) mass is 345 g/mol. The number of benzene rings is 1. The lowest BCUT2D eigenvalue weighted by Gasteiger charge is -2.12. The maximum Gasteiger partial charge on any atom is 0.0834 e. The third-order valence-corrected chi connectivity index (χ3v) is 4.41. The van der Waals surface area contributed by atoms with E-state index in [1.807, 2.05) is 19.2 Å². The van der Waals surface area contributed by atoms with Gasteiger partial charge in [0.05, 0.1) is 23.0 Å². The molecule has 3 nitrogen and oxygen atoms in total. The largest absolute Gasteiger partial charge is 0.322 e. The van der Waals surface area contributed by atoms with E-state index in [-0.39, 0.29) is 6.04 Å². The van der Waals surface area contributed by atoms with Crippen molar-refractivity contribution in [2.24, 2.45) is 12.8 Å². The van der Waals surface area contributed by atoms with E-state index in [0.29, 0.717) is 5.02 Å². The first-order valence-electron chi connectivity index (χ1n) is 5.39. The first-order chi connectivity index (χ1) is 8.58. The maximum atomic E-state index is 6.15. The van der Waals surface area contributed by atoms with Gasteiger partial charge in [0.2, 0.25) is 0 Å². The molecule has 2 aromatic rings. The summed E-state index contributed by atoms with van der Waals surface area (Å²) in [4.78, 5) is 1.18. The molecule has 0 aliphatic heterocycles. The molecule has 6 heteroatoms. The van der Waals surface area contributed by atoms with Crippen molar-refractivity contribution in [2.75, 3.05) is 5.75 Å². The van der Waals surface area contributed by atoms with Crippen molar-refractivity contribution in [3.63, 3.8) is 0 Å². The number of thioether (sulfide) groups is 1. The predicted molar refractivity (Wildman–Crippen MR) is 80.0 cm³/mol. The molecule has 0 aliphatic rings. The topological polar surface area (TPSA) is 43.8 Å². The van der Waals surface area contributed by atoms with Crippen LogP contribution >= 0.6 is 39.3 Å². The number of nitrogens with zero attached hydrogens (tertiary/aromatic N) is 2.